The molecule has 114 valence electrons. The third-order valence-electron chi connectivity index (χ3n) is 3.21. The lowest BCUT2D eigenvalue weighted by molar-refractivity contribution is -0.145. The normalized spacial score (nSPS) is 13.8. The molecule has 0 radical (unpaired) electrons. The first-order valence-corrected chi connectivity index (χ1v) is 6.96. The van der Waals surface area contributed by atoms with Crippen molar-refractivity contribution in [1.82, 2.24) is 4.90 Å². The number of hydrogen-bond donors (Lipinski definition) is 1. The molecule has 1 aliphatic rings. The number of carbonyl (C=O) groups is 2. The lowest BCUT2D eigenvalue weighted by Gasteiger charge is -2.20. The maximum Gasteiger partial charge on any atom is 0.323 e. The van der Waals surface area contributed by atoms with Crippen molar-refractivity contribution in [2.75, 3.05) is 13.2 Å². The minimum absolute atomic E-state index is 0.0812. The summed E-state index contributed by atoms with van der Waals surface area (Å²) in [6, 6.07) is 5.89. The molecule has 0 unspecified atom stereocenters. The van der Waals surface area contributed by atoms with Gasteiger partial charge in [-0.05, 0) is 31.4 Å². The van der Waals surface area contributed by atoms with Crippen LogP contribution in [0.1, 0.15) is 25.7 Å². The van der Waals surface area contributed by atoms with Gasteiger partial charge in [0.05, 0.1) is 6.61 Å². The second-order valence-corrected chi connectivity index (χ2v) is 5.06. The van der Waals surface area contributed by atoms with Gasteiger partial charge in [-0.1, -0.05) is 6.07 Å². The standard InChI is InChI=1S/C15H18FNO4/c16-11-3-1-4-13(9-11)21-8-2-5-14(18)17(10-15(19)20)12-6-7-12/h1,3-4,9,12H,2,5-8,10H2,(H,19,20). The van der Waals surface area contributed by atoms with Crippen LogP contribution < -0.4 is 4.74 Å². The summed E-state index contributed by atoms with van der Waals surface area (Å²) in [7, 11) is 0. The van der Waals surface area contributed by atoms with Crippen molar-refractivity contribution in [3.05, 3.63) is 30.1 Å². The van der Waals surface area contributed by atoms with Gasteiger partial charge < -0.3 is 14.7 Å². The van der Waals surface area contributed by atoms with Crippen LogP contribution in [0.5, 0.6) is 5.75 Å². The highest BCUT2D eigenvalue weighted by atomic mass is 19.1. The largest absolute Gasteiger partial charge is 0.493 e. The first-order chi connectivity index (χ1) is 10.1. The first kappa shape index (κ1) is 15.3. The van der Waals surface area contributed by atoms with Gasteiger partial charge in [0, 0.05) is 18.5 Å². The average molecular weight is 295 g/mol. The number of hydrogen-bond acceptors (Lipinski definition) is 3. The molecule has 1 N–H and O–H groups in total. The number of halogens is 1. The van der Waals surface area contributed by atoms with Crippen LogP contribution >= 0.6 is 0 Å². The van der Waals surface area contributed by atoms with E-state index in [2.05, 4.69) is 0 Å². The molecule has 1 fully saturated rings. The van der Waals surface area contributed by atoms with Crippen LogP contribution in [-0.4, -0.2) is 41.1 Å². The topological polar surface area (TPSA) is 66.8 Å². The summed E-state index contributed by atoms with van der Waals surface area (Å²) in [5.74, 6) is -1.11. The summed E-state index contributed by atoms with van der Waals surface area (Å²) in [6.07, 6.45) is 2.45. The Kier molecular flexibility index (Phi) is 5.14. The van der Waals surface area contributed by atoms with Crippen molar-refractivity contribution in [2.45, 2.75) is 31.7 Å². The predicted molar refractivity (Wildman–Crippen MR) is 73.5 cm³/mol. The van der Waals surface area contributed by atoms with E-state index in [1.165, 1.54) is 17.0 Å². The minimum Gasteiger partial charge on any atom is -0.493 e. The molecule has 1 aromatic carbocycles. The Morgan fingerprint density at radius 3 is 2.76 bits per heavy atom. The van der Waals surface area contributed by atoms with E-state index in [-0.39, 0.29) is 30.7 Å². The van der Waals surface area contributed by atoms with Crippen LogP contribution in [0.15, 0.2) is 24.3 Å². The van der Waals surface area contributed by atoms with Crippen LogP contribution in [0, 0.1) is 5.82 Å². The quantitative estimate of drug-likeness (QED) is 0.745. The van der Waals surface area contributed by atoms with Gasteiger partial charge in [-0.25, -0.2) is 4.39 Å². The monoisotopic (exact) mass is 295 g/mol. The Balaban J connectivity index is 1.72. The molecule has 1 saturated carbocycles. The second-order valence-electron chi connectivity index (χ2n) is 5.06. The summed E-state index contributed by atoms with van der Waals surface area (Å²) in [5.41, 5.74) is 0. The van der Waals surface area contributed by atoms with E-state index < -0.39 is 5.97 Å². The maximum absolute atomic E-state index is 12.9. The van der Waals surface area contributed by atoms with E-state index in [4.69, 9.17) is 9.84 Å². The van der Waals surface area contributed by atoms with Crippen LogP contribution in [0.3, 0.4) is 0 Å². The Morgan fingerprint density at radius 1 is 1.38 bits per heavy atom. The Labute approximate surface area is 122 Å². The van der Waals surface area contributed by atoms with Gasteiger partial charge in [-0.2, -0.15) is 0 Å². The summed E-state index contributed by atoms with van der Waals surface area (Å²) in [6.45, 7) is 0.0506. The van der Waals surface area contributed by atoms with E-state index in [1.807, 2.05) is 0 Å². The van der Waals surface area contributed by atoms with Crippen molar-refractivity contribution < 1.29 is 23.8 Å². The number of rotatable bonds is 8. The van der Waals surface area contributed by atoms with Gasteiger partial charge >= 0.3 is 5.97 Å². The SMILES string of the molecule is O=C(O)CN(C(=O)CCCOc1cccc(F)c1)C1CC1. The van der Waals surface area contributed by atoms with Crippen molar-refractivity contribution in [1.29, 1.82) is 0 Å². The lowest BCUT2D eigenvalue weighted by Crippen LogP contribution is -2.37. The zero-order valence-electron chi connectivity index (χ0n) is 11.6. The molecular weight excluding hydrogens is 277 g/mol. The summed E-state index contributed by atoms with van der Waals surface area (Å²) >= 11 is 0. The smallest absolute Gasteiger partial charge is 0.323 e. The van der Waals surface area contributed by atoms with Gasteiger partial charge in [0.25, 0.3) is 0 Å². The molecule has 0 aromatic heterocycles. The predicted octanol–water partition coefficient (Wildman–Crippen LogP) is 2.06. The second kappa shape index (κ2) is 7.06. The van der Waals surface area contributed by atoms with Crippen LogP contribution in [0.2, 0.25) is 0 Å². The molecule has 5 nitrogen and oxygen atoms in total. The van der Waals surface area contributed by atoms with E-state index in [0.717, 1.165) is 12.8 Å². The third kappa shape index (κ3) is 5.06. The maximum atomic E-state index is 12.9. The summed E-state index contributed by atoms with van der Waals surface area (Å²) < 4.78 is 18.3. The molecule has 0 heterocycles. The molecule has 0 aliphatic heterocycles. The van der Waals surface area contributed by atoms with Crippen LogP contribution in [0.25, 0.3) is 0 Å². The van der Waals surface area contributed by atoms with Gasteiger partial charge in [0.15, 0.2) is 0 Å². The molecular formula is C15H18FNO4. The molecule has 1 amide bonds. The fourth-order valence-corrected chi connectivity index (χ4v) is 2.07. The Hall–Kier alpha value is -2.11. The number of carbonyl (C=O) groups excluding carboxylic acids is 1. The summed E-state index contributed by atoms with van der Waals surface area (Å²) in [4.78, 5) is 24.1. The van der Waals surface area contributed by atoms with E-state index in [0.29, 0.717) is 18.8 Å². The highest BCUT2D eigenvalue weighted by molar-refractivity contribution is 5.81. The molecule has 0 saturated heterocycles. The van der Waals surface area contributed by atoms with E-state index in [1.54, 1.807) is 12.1 Å². The zero-order valence-corrected chi connectivity index (χ0v) is 11.6. The Morgan fingerprint density at radius 2 is 2.14 bits per heavy atom. The molecule has 0 bridgehead atoms. The van der Waals surface area contributed by atoms with E-state index in [9.17, 15) is 14.0 Å². The molecule has 0 atom stereocenters. The number of ether oxygens (including phenoxy) is 1. The molecule has 6 heteroatoms. The fraction of sp³-hybridized carbons (Fsp3) is 0.467. The van der Waals surface area contributed by atoms with Crippen molar-refractivity contribution in [2.24, 2.45) is 0 Å². The molecule has 21 heavy (non-hydrogen) atoms. The number of amides is 1. The van der Waals surface area contributed by atoms with Gasteiger partial charge in [0.1, 0.15) is 18.1 Å². The zero-order chi connectivity index (χ0) is 15.2. The average Bonchev–Trinajstić information content (AvgIpc) is 3.25. The van der Waals surface area contributed by atoms with Gasteiger partial charge in [0.2, 0.25) is 5.91 Å². The minimum atomic E-state index is -0.994. The number of carboxylic acids is 1. The van der Waals surface area contributed by atoms with Crippen LogP contribution in [-0.2, 0) is 9.59 Å². The van der Waals surface area contributed by atoms with Crippen LogP contribution in [0.4, 0.5) is 4.39 Å². The lowest BCUT2D eigenvalue weighted by atomic mass is 10.2. The molecule has 1 aliphatic carbocycles. The first-order valence-electron chi connectivity index (χ1n) is 6.96. The summed E-state index contributed by atoms with van der Waals surface area (Å²) in [5, 5.41) is 8.80. The van der Waals surface area contributed by atoms with Crippen molar-refractivity contribution in [3.8, 4) is 5.75 Å². The van der Waals surface area contributed by atoms with Gasteiger partial charge in [-0.3, -0.25) is 9.59 Å². The molecule has 2 rings (SSSR count). The van der Waals surface area contributed by atoms with Crippen molar-refractivity contribution in [3.63, 3.8) is 0 Å². The Bertz CT molecular complexity index is 516. The highest BCUT2D eigenvalue weighted by Crippen LogP contribution is 2.27. The number of carboxylic acid groups (broad SMARTS) is 1. The fourth-order valence-electron chi connectivity index (χ4n) is 2.07. The number of aliphatic carboxylic acids is 1. The molecule has 0 spiro atoms. The van der Waals surface area contributed by atoms with Gasteiger partial charge in [-0.15, -0.1) is 0 Å². The number of benzene rings is 1. The highest BCUT2D eigenvalue weighted by Gasteiger charge is 2.33. The number of nitrogens with zero attached hydrogens (tertiary/aromatic N) is 1. The third-order valence-corrected chi connectivity index (χ3v) is 3.21. The van der Waals surface area contributed by atoms with E-state index >= 15 is 0 Å². The van der Waals surface area contributed by atoms with Crippen molar-refractivity contribution >= 4 is 11.9 Å². The molecule has 1 aromatic rings.